The normalized spacial score (nSPS) is 10.8. The Balaban J connectivity index is 2.69. The van der Waals surface area contributed by atoms with Crippen molar-refractivity contribution >= 4 is 17.7 Å². The number of nitrogens with one attached hydrogen (secondary N) is 1. The Labute approximate surface area is 119 Å². The third-order valence-electron chi connectivity index (χ3n) is 2.31. The number of nitrogens with zero attached hydrogens (tertiary/aromatic N) is 2. The molecular formula is C14H22N3O3+. The Hall–Kier alpha value is -2.08. The van der Waals surface area contributed by atoms with Crippen molar-refractivity contribution in [3.05, 3.63) is 24.3 Å². The molecule has 110 valence electrons. The van der Waals surface area contributed by atoms with E-state index in [-0.39, 0.29) is 5.91 Å². The van der Waals surface area contributed by atoms with Crippen molar-refractivity contribution in [2.24, 2.45) is 0 Å². The maximum atomic E-state index is 11.8. The molecule has 0 heterocycles. The van der Waals surface area contributed by atoms with Crippen molar-refractivity contribution in [2.75, 3.05) is 47.1 Å². The lowest BCUT2D eigenvalue weighted by atomic mass is 10.3. The van der Waals surface area contributed by atoms with Crippen LogP contribution in [0.1, 0.15) is 0 Å². The number of anilines is 1. The molecule has 0 spiro atoms. The predicted molar refractivity (Wildman–Crippen MR) is 77.7 cm³/mol. The van der Waals surface area contributed by atoms with Gasteiger partial charge in [0.25, 0.3) is 5.91 Å². The van der Waals surface area contributed by atoms with Crippen molar-refractivity contribution in [3.63, 3.8) is 0 Å². The molecular weight excluding hydrogens is 258 g/mol. The van der Waals surface area contributed by atoms with E-state index in [1.54, 1.807) is 38.4 Å². The largest absolute Gasteiger partial charge is 0.414 e. The molecule has 1 rings (SSSR count). The molecule has 0 fully saturated rings. The van der Waals surface area contributed by atoms with E-state index >= 15 is 0 Å². The zero-order valence-corrected chi connectivity index (χ0v) is 12.6. The molecule has 0 unspecified atom stereocenters. The van der Waals surface area contributed by atoms with Crippen LogP contribution in [-0.4, -0.2) is 63.2 Å². The Morgan fingerprint density at radius 3 is 2.45 bits per heavy atom. The van der Waals surface area contributed by atoms with Crippen molar-refractivity contribution in [1.29, 1.82) is 0 Å². The Morgan fingerprint density at radius 2 is 1.90 bits per heavy atom. The first-order valence-electron chi connectivity index (χ1n) is 6.27. The van der Waals surface area contributed by atoms with E-state index < -0.39 is 6.09 Å². The van der Waals surface area contributed by atoms with Crippen molar-refractivity contribution in [2.45, 2.75) is 0 Å². The first-order valence-corrected chi connectivity index (χ1v) is 6.27. The van der Waals surface area contributed by atoms with Crippen LogP contribution in [0.25, 0.3) is 0 Å². The molecule has 0 aliphatic heterocycles. The van der Waals surface area contributed by atoms with Crippen molar-refractivity contribution < 1.29 is 18.8 Å². The van der Waals surface area contributed by atoms with Gasteiger partial charge in [-0.1, -0.05) is 6.07 Å². The number of benzene rings is 1. The molecule has 0 bridgehead atoms. The molecule has 0 atom stereocenters. The second-order valence-corrected chi connectivity index (χ2v) is 5.79. The Kier molecular flexibility index (Phi) is 5.10. The number of hydrogen-bond donors (Lipinski definition) is 1. The quantitative estimate of drug-likeness (QED) is 0.848. The molecule has 0 aliphatic carbocycles. The monoisotopic (exact) mass is 280 g/mol. The highest BCUT2D eigenvalue weighted by molar-refractivity contribution is 5.91. The SMILES string of the molecule is CN(C)C(=O)Oc1cccc(NC(=O)C[N+](C)(C)C)c1. The minimum atomic E-state index is -0.458. The lowest BCUT2D eigenvalue weighted by Gasteiger charge is -2.22. The van der Waals surface area contributed by atoms with Crippen molar-refractivity contribution in [3.8, 4) is 5.75 Å². The summed E-state index contributed by atoms with van der Waals surface area (Å²) in [5.41, 5.74) is 0.604. The van der Waals surface area contributed by atoms with Gasteiger partial charge in [-0.25, -0.2) is 4.79 Å². The summed E-state index contributed by atoms with van der Waals surface area (Å²) in [5, 5.41) is 2.78. The van der Waals surface area contributed by atoms with Crippen LogP contribution in [0.3, 0.4) is 0 Å². The smallest absolute Gasteiger partial charge is 0.410 e. The lowest BCUT2D eigenvalue weighted by molar-refractivity contribution is -0.861. The minimum absolute atomic E-state index is 0.0893. The summed E-state index contributed by atoms with van der Waals surface area (Å²) in [4.78, 5) is 24.6. The van der Waals surface area contributed by atoms with Gasteiger partial charge < -0.3 is 19.4 Å². The van der Waals surface area contributed by atoms with E-state index in [1.807, 2.05) is 21.1 Å². The number of quaternary nitrogens is 1. The molecule has 2 amide bonds. The molecule has 6 heteroatoms. The predicted octanol–water partition coefficient (Wildman–Crippen LogP) is 1.39. The summed E-state index contributed by atoms with van der Waals surface area (Å²) in [5.74, 6) is 0.306. The van der Waals surface area contributed by atoms with E-state index in [0.717, 1.165) is 0 Å². The maximum Gasteiger partial charge on any atom is 0.414 e. The van der Waals surface area contributed by atoms with E-state index in [4.69, 9.17) is 4.74 Å². The van der Waals surface area contributed by atoms with Crippen LogP contribution in [0, 0.1) is 0 Å². The zero-order chi connectivity index (χ0) is 15.3. The Morgan fingerprint density at radius 1 is 1.25 bits per heavy atom. The van der Waals surface area contributed by atoms with Gasteiger partial charge in [-0.05, 0) is 12.1 Å². The first kappa shape index (κ1) is 16.0. The minimum Gasteiger partial charge on any atom is -0.410 e. The number of hydrogen-bond acceptors (Lipinski definition) is 3. The highest BCUT2D eigenvalue weighted by Gasteiger charge is 2.14. The van der Waals surface area contributed by atoms with Gasteiger partial charge in [0, 0.05) is 25.8 Å². The summed E-state index contributed by atoms with van der Waals surface area (Å²) in [7, 11) is 9.03. The van der Waals surface area contributed by atoms with Crippen LogP contribution in [0.15, 0.2) is 24.3 Å². The first-order chi connectivity index (χ1) is 9.17. The van der Waals surface area contributed by atoms with Gasteiger partial charge in [0.15, 0.2) is 6.54 Å². The van der Waals surface area contributed by atoms with E-state index in [2.05, 4.69) is 5.32 Å². The average molecular weight is 280 g/mol. The number of carbonyl (C=O) groups is 2. The van der Waals surface area contributed by atoms with Gasteiger partial charge in [-0.2, -0.15) is 0 Å². The van der Waals surface area contributed by atoms with Gasteiger partial charge in [-0.3, -0.25) is 4.79 Å². The number of ether oxygens (including phenoxy) is 1. The molecule has 1 aromatic rings. The summed E-state index contributed by atoms with van der Waals surface area (Å²) in [6, 6.07) is 6.76. The van der Waals surface area contributed by atoms with E-state index in [1.165, 1.54) is 4.90 Å². The fourth-order valence-corrected chi connectivity index (χ4v) is 1.46. The van der Waals surface area contributed by atoms with Gasteiger partial charge in [-0.15, -0.1) is 0 Å². The fraction of sp³-hybridized carbons (Fsp3) is 0.429. The molecule has 0 aromatic heterocycles. The van der Waals surface area contributed by atoms with Crippen LogP contribution < -0.4 is 10.1 Å². The van der Waals surface area contributed by atoms with Gasteiger partial charge >= 0.3 is 6.09 Å². The molecule has 1 aromatic carbocycles. The number of amides is 2. The Bertz CT molecular complexity index is 493. The maximum absolute atomic E-state index is 11.8. The van der Waals surface area contributed by atoms with Gasteiger partial charge in [0.2, 0.25) is 0 Å². The highest BCUT2D eigenvalue weighted by Crippen LogP contribution is 2.18. The highest BCUT2D eigenvalue weighted by atomic mass is 16.6. The number of carbonyl (C=O) groups excluding carboxylic acids is 2. The second-order valence-electron chi connectivity index (χ2n) is 5.79. The van der Waals surface area contributed by atoms with Crippen LogP contribution in [0.4, 0.5) is 10.5 Å². The van der Waals surface area contributed by atoms with Gasteiger partial charge in [0.05, 0.1) is 21.1 Å². The van der Waals surface area contributed by atoms with Gasteiger partial charge in [0.1, 0.15) is 5.75 Å². The molecule has 1 N–H and O–H groups in total. The summed E-state index contributed by atoms with van der Waals surface area (Å²) >= 11 is 0. The molecule has 20 heavy (non-hydrogen) atoms. The van der Waals surface area contributed by atoms with E-state index in [9.17, 15) is 9.59 Å². The summed E-state index contributed by atoms with van der Waals surface area (Å²) < 4.78 is 5.67. The molecule has 6 nitrogen and oxygen atoms in total. The molecule has 0 saturated carbocycles. The third kappa shape index (κ3) is 5.71. The molecule has 0 radical (unpaired) electrons. The van der Waals surface area contributed by atoms with Crippen molar-refractivity contribution in [1.82, 2.24) is 4.90 Å². The van der Waals surface area contributed by atoms with Crippen LogP contribution in [0.2, 0.25) is 0 Å². The van der Waals surface area contributed by atoms with Crippen LogP contribution in [0.5, 0.6) is 5.75 Å². The zero-order valence-electron chi connectivity index (χ0n) is 12.6. The van der Waals surface area contributed by atoms with E-state index in [0.29, 0.717) is 22.5 Å². The average Bonchev–Trinajstić information content (AvgIpc) is 2.26. The van der Waals surface area contributed by atoms with Crippen LogP contribution in [-0.2, 0) is 4.79 Å². The number of likely N-dealkylation sites (N-methyl/N-ethyl adjacent to an activating group) is 1. The fourth-order valence-electron chi connectivity index (χ4n) is 1.46. The standard InChI is InChI=1S/C14H21N3O3/c1-16(2)14(19)20-12-8-6-7-11(9-12)15-13(18)10-17(3,4)5/h6-9H,10H2,1-5H3/p+1. The third-order valence-corrected chi connectivity index (χ3v) is 2.31. The molecule has 0 saturated heterocycles. The summed E-state index contributed by atoms with van der Waals surface area (Å²) in [6.07, 6.45) is -0.458. The molecule has 0 aliphatic rings. The topological polar surface area (TPSA) is 58.6 Å². The lowest BCUT2D eigenvalue weighted by Crippen LogP contribution is -2.41. The number of rotatable bonds is 4. The van der Waals surface area contributed by atoms with Crippen LogP contribution >= 0.6 is 0 Å². The summed E-state index contributed by atoms with van der Waals surface area (Å²) in [6.45, 7) is 0.363. The second kappa shape index (κ2) is 6.38.